The van der Waals surface area contributed by atoms with Crippen LogP contribution in [0, 0.1) is 13.8 Å². The molecular formula is C29H30N4O2. The van der Waals surface area contributed by atoms with Gasteiger partial charge in [0.05, 0.1) is 11.0 Å². The first-order chi connectivity index (χ1) is 16.9. The number of imidazole rings is 1. The second-order valence-corrected chi connectivity index (χ2v) is 9.53. The zero-order valence-corrected chi connectivity index (χ0v) is 20.4. The lowest BCUT2D eigenvalue weighted by Crippen LogP contribution is -2.30. The van der Waals surface area contributed by atoms with Crippen molar-refractivity contribution >= 4 is 28.5 Å². The maximum atomic E-state index is 13.3. The van der Waals surface area contributed by atoms with Gasteiger partial charge in [-0.3, -0.25) is 9.59 Å². The number of nitrogens with zero attached hydrogens (tertiary/aromatic N) is 4. The number of para-hydroxylation sites is 2. The van der Waals surface area contributed by atoms with Gasteiger partial charge in [0.2, 0.25) is 11.8 Å². The van der Waals surface area contributed by atoms with E-state index in [-0.39, 0.29) is 24.3 Å². The van der Waals surface area contributed by atoms with Gasteiger partial charge in [0.1, 0.15) is 12.4 Å². The number of amides is 2. The van der Waals surface area contributed by atoms with Crippen LogP contribution in [0.5, 0.6) is 0 Å². The maximum absolute atomic E-state index is 13.3. The van der Waals surface area contributed by atoms with Crippen LogP contribution in [0.4, 0.5) is 5.69 Å². The molecule has 1 aliphatic heterocycles. The second kappa shape index (κ2) is 9.37. The Bertz CT molecular complexity index is 1370. The van der Waals surface area contributed by atoms with Crippen LogP contribution in [0.25, 0.3) is 11.0 Å². The number of aromatic nitrogens is 2. The number of fused-ring (bicyclic) bond motifs is 1. The van der Waals surface area contributed by atoms with Crippen LogP contribution in [-0.4, -0.2) is 39.9 Å². The van der Waals surface area contributed by atoms with E-state index in [0.717, 1.165) is 39.2 Å². The molecule has 1 fully saturated rings. The van der Waals surface area contributed by atoms with Gasteiger partial charge in [0.15, 0.2) is 0 Å². The maximum Gasteiger partial charge on any atom is 0.242 e. The summed E-state index contributed by atoms with van der Waals surface area (Å²) < 4.78 is 2.00. The van der Waals surface area contributed by atoms with E-state index in [1.54, 1.807) is 4.90 Å². The number of carbonyl (C=O) groups excluding carboxylic acids is 2. The van der Waals surface area contributed by atoms with E-state index in [1.807, 2.05) is 85.0 Å². The molecule has 1 aliphatic rings. The van der Waals surface area contributed by atoms with E-state index in [2.05, 4.69) is 18.2 Å². The predicted octanol–water partition coefficient (Wildman–Crippen LogP) is 4.83. The van der Waals surface area contributed by atoms with Gasteiger partial charge < -0.3 is 14.4 Å². The third kappa shape index (κ3) is 4.69. The Kier molecular flexibility index (Phi) is 6.12. The molecule has 4 aromatic rings. The average Bonchev–Trinajstić information content (AvgIpc) is 3.39. The minimum absolute atomic E-state index is 0.00810. The molecule has 6 heteroatoms. The molecule has 1 unspecified atom stereocenters. The number of benzene rings is 3. The molecule has 1 aromatic heterocycles. The van der Waals surface area contributed by atoms with E-state index >= 15 is 0 Å². The van der Waals surface area contributed by atoms with Gasteiger partial charge in [-0.25, -0.2) is 4.98 Å². The SMILES string of the molecule is Cc1cc(C)cc(N2CC(c3nc4ccccc4n3CC(=O)N(C)Cc3ccccc3)CC2=O)c1. The summed E-state index contributed by atoms with van der Waals surface area (Å²) in [7, 11) is 1.83. The van der Waals surface area contributed by atoms with Crippen LogP contribution in [0.2, 0.25) is 0 Å². The molecule has 0 saturated carbocycles. The van der Waals surface area contributed by atoms with Gasteiger partial charge in [-0.05, 0) is 54.8 Å². The lowest BCUT2D eigenvalue weighted by molar-refractivity contribution is -0.131. The van der Waals surface area contributed by atoms with Gasteiger partial charge in [-0.1, -0.05) is 48.5 Å². The molecule has 5 rings (SSSR count). The number of hydrogen-bond donors (Lipinski definition) is 0. The fourth-order valence-electron chi connectivity index (χ4n) is 5.01. The van der Waals surface area contributed by atoms with Gasteiger partial charge in [-0.15, -0.1) is 0 Å². The van der Waals surface area contributed by atoms with Crippen molar-refractivity contribution in [2.45, 2.75) is 39.3 Å². The fourth-order valence-corrected chi connectivity index (χ4v) is 5.01. The molecule has 0 bridgehead atoms. The Morgan fingerprint density at radius 2 is 1.69 bits per heavy atom. The molecule has 0 aliphatic carbocycles. The molecule has 2 amide bonds. The van der Waals surface area contributed by atoms with Gasteiger partial charge in [0.25, 0.3) is 0 Å². The number of rotatable bonds is 6. The Balaban J connectivity index is 1.43. The molecule has 35 heavy (non-hydrogen) atoms. The molecule has 3 aromatic carbocycles. The molecule has 0 spiro atoms. The molecular weight excluding hydrogens is 436 g/mol. The van der Waals surface area contributed by atoms with Crippen molar-refractivity contribution in [3.8, 4) is 0 Å². The van der Waals surface area contributed by atoms with Crippen molar-refractivity contribution in [1.82, 2.24) is 14.5 Å². The van der Waals surface area contributed by atoms with Gasteiger partial charge >= 0.3 is 0 Å². The highest BCUT2D eigenvalue weighted by atomic mass is 16.2. The van der Waals surface area contributed by atoms with Crippen LogP contribution in [0.3, 0.4) is 0 Å². The van der Waals surface area contributed by atoms with Crippen molar-refractivity contribution in [2.24, 2.45) is 0 Å². The fraction of sp³-hybridized carbons (Fsp3) is 0.276. The van der Waals surface area contributed by atoms with Crippen LogP contribution in [-0.2, 0) is 22.7 Å². The first-order valence-corrected chi connectivity index (χ1v) is 12.0. The minimum atomic E-state index is -0.0806. The van der Waals surface area contributed by atoms with Crippen LogP contribution in [0.15, 0.2) is 72.8 Å². The third-order valence-corrected chi connectivity index (χ3v) is 6.67. The molecule has 178 valence electrons. The van der Waals surface area contributed by atoms with E-state index in [0.29, 0.717) is 19.5 Å². The largest absolute Gasteiger partial charge is 0.340 e. The molecule has 0 radical (unpaired) electrons. The summed E-state index contributed by atoms with van der Waals surface area (Å²) in [6.45, 7) is 5.38. The van der Waals surface area contributed by atoms with Crippen molar-refractivity contribution in [3.63, 3.8) is 0 Å². The summed E-state index contributed by atoms with van der Waals surface area (Å²) >= 11 is 0. The molecule has 0 N–H and O–H groups in total. The standard InChI is InChI=1S/C29H30N4O2/c1-20-13-21(2)15-24(14-20)32-18-23(16-27(32)34)29-30-25-11-7-8-12-26(25)33(29)19-28(35)31(3)17-22-9-5-4-6-10-22/h4-15,23H,16-19H2,1-3H3. The highest BCUT2D eigenvalue weighted by Gasteiger charge is 2.35. The van der Waals surface area contributed by atoms with E-state index < -0.39 is 0 Å². The average molecular weight is 467 g/mol. The Hall–Kier alpha value is -3.93. The van der Waals surface area contributed by atoms with Crippen molar-refractivity contribution in [1.29, 1.82) is 0 Å². The predicted molar refractivity (Wildman–Crippen MR) is 138 cm³/mol. The number of hydrogen-bond acceptors (Lipinski definition) is 3. The van der Waals surface area contributed by atoms with E-state index in [1.165, 1.54) is 0 Å². The van der Waals surface area contributed by atoms with E-state index in [9.17, 15) is 9.59 Å². The van der Waals surface area contributed by atoms with E-state index in [4.69, 9.17) is 4.98 Å². The Labute approximate surface area is 205 Å². The molecule has 1 saturated heterocycles. The molecule has 6 nitrogen and oxygen atoms in total. The topological polar surface area (TPSA) is 58.4 Å². The lowest BCUT2D eigenvalue weighted by Gasteiger charge is -2.20. The first-order valence-electron chi connectivity index (χ1n) is 12.0. The summed E-state index contributed by atoms with van der Waals surface area (Å²) in [4.78, 5) is 34.8. The van der Waals surface area contributed by atoms with Crippen LogP contribution in [0.1, 0.15) is 34.9 Å². The zero-order valence-electron chi connectivity index (χ0n) is 20.4. The monoisotopic (exact) mass is 466 g/mol. The van der Waals surface area contributed by atoms with Gasteiger partial charge in [0, 0.05) is 38.2 Å². The van der Waals surface area contributed by atoms with Crippen molar-refractivity contribution < 1.29 is 9.59 Å². The summed E-state index contributed by atoms with van der Waals surface area (Å²) in [6, 6.07) is 24.1. The number of aryl methyl sites for hydroxylation is 2. The highest BCUT2D eigenvalue weighted by molar-refractivity contribution is 5.96. The Morgan fingerprint density at radius 1 is 1.00 bits per heavy atom. The molecule has 2 heterocycles. The number of likely N-dealkylation sites (N-methyl/N-ethyl adjacent to an activating group) is 1. The van der Waals surface area contributed by atoms with Crippen molar-refractivity contribution in [3.05, 3.63) is 95.3 Å². The summed E-state index contributed by atoms with van der Waals surface area (Å²) in [6.07, 6.45) is 0.379. The number of anilines is 1. The van der Waals surface area contributed by atoms with Crippen LogP contribution < -0.4 is 4.90 Å². The smallest absolute Gasteiger partial charge is 0.242 e. The Morgan fingerprint density at radius 3 is 2.43 bits per heavy atom. The normalized spacial score (nSPS) is 15.7. The minimum Gasteiger partial charge on any atom is -0.340 e. The molecule has 1 atom stereocenters. The summed E-state index contributed by atoms with van der Waals surface area (Å²) in [5.74, 6) is 0.815. The van der Waals surface area contributed by atoms with Crippen molar-refractivity contribution in [2.75, 3.05) is 18.5 Å². The quantitative estimate of drug-likeness (QED) is 0.409. The lowest BCUT2D eigenvalue weighted by atomic mass is 10.1. The summed E-state index contributed by atoms with van der Waals surface area (Å²) in [5, 5.41) is 0. The van der Waals surface area contributed by atoms with Crippen LogP contribution >= 0.6 is 0 Å². The first kappa shape index (κ1) is 22.8. The number of carbonyl (C=O) groups is 2. The second-order valence-electron chi connectivity index (χ2n) is 9.53. The van der Waals surface area contributed by atoms with Gasteiger partial charge in [-0.2, -0.15) is 0 Å². The summed E-state index contributed by atoms with van der Waals surface area (Å²) in [5.41, 5.74) is 6.05. The third-order valence-electron chi connectivity index (χ3n) is 6.67. The zero-order chi connectivity index (χ0) is 24.5. The highest BCUT2D eigenvalue weighted by Crippen LogP contribution is 2.34.